The quantitative estimate of drug-likeness (QED) is 0.762. The molecule has 1 aromatic rings. The highest BCUT2D eigenvalue weighted by Gasteiger charge is 2.04. The SMILES string of the molecule is COCCC(O)CCc1cccs1. The standard InChI is InChI=1S/C10H16O2S/c1-12-7-6-9(11)4-5-10-3-2-8-13-10/h2-3,8-9,11H,4-7H2,1H3. The molecule has 1 aromatic heterocycles. The van der Waals surface area contributed by atoms with Gasteiger partial charge in [0.15, 0.2) is 0 Å². The zero-order valence-electron chi connectivity index (χ0n) is 7.90. The monoisotopic (exact) mass is 200 g/mol. The summed E-state index contributed by atoms with van der Waals surface area (Å²) in [5, 5.41) is 11.6. The van der Waals surface area contributed by atoms with Gasteiger partial charge < -0.3 is 9.84 Å². The number of hydrogen-bond acceptors (Lipinski definition) is 3. The van der Waals surface area contributed by atoms with E-state index in [0.29, 0.717) is 6.61 Å². The number of aliphatic hydroxyl groups is 1. The minimum atomic E-state index is -0.220. The summed E-state index contributed by atoms with van der Waals surface area (Å²) in [6, 6.07) is 4.15. The Bertz CT molecular complexity index is 209. The van der Waals surface area contributed by atoms with Crippen molar-refractivity contribution in [2.24, 2.45) is 0 Å². The Morgan fingerprint density at radius 3 is 3.00 bits per heavy atom. The molecular weight excluding hydrogens is 184 g/mol. The average molecular weight is 200 g/mol. The van der Waals surface area contributed by atoms with Crippen LogP contribution in [0.3, 0.4) is 0 Å². The van der Waals surface area contributed by atoms with Crippen LogP contribution in [0.5, 0.6) is 0 Å². The van der Waals surface area contributed by atoms with Gasteiger partial charge in [0.2, 0.25) is 0 Å². The third kappa shape index (κ3) is 4.41. The lowest BCUT2D eigenvalue weighted by molar-refractivity contribution is 0.104. The molecule has 3 heteroatoms. The van der Waals surface area contributed by atoms with Gasteiger partial charge in [-0.25, -0.2) is 0 Å². The van der Waals surface area contributed by atoms with Gasteiger partial charge in [0.25, 0.3) is 0 Å². The van der Waals surface area contributed by atoms with Crippen LogP contribution in [0.2, 0.25) is 0 Å². The third-order valence-electron chi connectivity index (χ3n) is 1.96. The molecule has 0 aromatic carbocycles. The first-order chi connectivity index (χ1) is 6.33. The minimum Gasteiger partial charge on any atom is -0.393 e. The summed E-state index contributed by atoms with van der Waals surface area (Å²) in [6.07, 6.45) is 2.33. The predicted molar refractivity (Wildman–Crippen MR) is 55.1 cm³/mol. The first-order valence-electron chi connectivity index (χ1n) is 4.52. The first kappa shape index (κ1) is 10.7. The van der Waals surface area contributed by atoms with Gasteiger partial charge in [-0.2, -0.15) is 0 Å². The summed E-state index contributed by atoms with van der Waals surface area (Å²) in [6.45, 7) is 0.644. The second kappa shape index (κ2) is 6.13. The number of ether oxygens (including phenoxy) is 1. The maximum atomic E-state index is 9.50. The van der Waals surface area contributed by atoms with E-state index in [-0.39, 0.29) is 6.10 Å². The Balaban J connectivity index is 2.11. The van der Waals surface area contributed by atoms with E-state index in [1.165, 1.54) is 4.88 Å². The van der Waals surface area contributed by atoms with Crippen molar-refractivity contribution >= 4 is 11.3 Å². The fourth-order valence-electron chi connectivity index (χ4n) is 1.16. The van der Waals surface area contributed by atoms with E-state index in [0.717, 1.165) is 19.3 Å². The van der Waals surface area contributed by atoms with E-state index < -0.39 is 0 Å². The second-order valence-corrected chi connectivity index (χ2v) is 4.09. The van der Waals surface area contributed by atoms with E-state index in [2.05, 4.69) is 11.4 Å². The molecule has 1 rings (SSSR count). The highest BCUT2D eigenvalue weighted by molar-refractivity contribution is 7.09. The van der Waals surface area contributed by atoms with Crippen molar-refractivity contribution in [3.05, 3.63) is 22.4 Å². The van der Waals surface area contributed by atoms with Crippen LogP contribution in [0, 0.1) is 0 Å². The highest BCUT2D eigenvalue weighted by Crippen LogP contribution is 2.12. The van der Waals surface area contributed by atoms with Crippen LogP contribution in [0.4, 0.5) is 0 Å². The first-order valence-corrected chi connectivity index (χ1v) is 5.40. The van der Waals surface area contributed by atoms with Gasteiger partial charge in [-0.15, -0.1) is 11.3 Å². The summed E-state index contributed by atoms with van der Waals surface area (Å²) < 4.78 is 4.89. The van der Waals surface area contributed by atoms with Crippen molar-refractivity contribution in [2.75, 3.05) is 13.7 Å². The number of thiophene rings is 1. The second-order valence-electron chi connectivity index (χ2n) is 3.05. The van der Waals surface area contributed by atoms with E-state index in [4.69, 9.17) is 4.74 Å². The van der Waals surface area contributed by atoms with Crippen molar-refractivity contribution in [3.63, 3.8) is 0 Å². The van der Waals surface area contributed by atoms with Crippen LogP contribution in [-0.4, -0.2) is 24.9 Å². The summed E-state index contributed by atoms with van der Waals surface area (Å²) >= 11 is 1.75. The summed E-state index contributed by atoms with van der Waals surface area (Å²) in [5.41, 5.74) is 0. The molecule has 1 N–H and O–H groups in total. The number of methoxy groups -OCH3 is 1. The van der Waals surface area contributed by atoms with E-state index >= 15 is 0 Å². The van der Waals surface area contributed by atoms with Crippen LogP contribution in [0.1, 0.15) is 17.7 Å². The minimum absolute atomic E-state index is 0.220. The molecule has 0 aliphatic heterocycles. The van der Waals surface area contributed by atoms with Gasteiger partial charge >= 0.3 is 0 Å². The van der Waals surface area contributed by atoms with Crippen molar-refractivity contribution in [3.8, 4) is 0 Å². The molecule has 0 bridgehead atoms. The van der Waals surface area contributed by atoms with Crippen molar-refractivity contribution in [1.82, 2.24) is 0 Å². The van der Waals surface area contributed by atoms with Gasteiger partial charge in [0.1, 0.15) is 0 Å². The van der Waals surface area contributed by atoms with Crippen LogP contribution in [0.25, 0.3) is 0 Å². The molecule has 74 valence electrons. The molecule has 1 heterocycles. The van der Waals surface area contributed by atoms with Crippen LogP contribution in [0.15, 0.2) is 17.5 Å². The predicted octanol–water partition coefficient (Wildman–Crippen LogP) is 2.08. The molecule has 0 aliphatic rings. The average Bonchev–Trinajstić information content (AvgIpc) is 2.64. The van der Waals surface area contributed by atoms with Crippen molar-refractivity contribution in [2.45, 2.75) is 25.4 Å². The molecule has 0 saturated carbocycles. The number of aliphatic hydroxyl groups excluding tert-OH is 1. The lowest BCUT2D eigenvalue weighted by atomic mass is 10.1. The Kier molecular flexibility index (Phi) is 5.05. The maximum absolute atomic E-state index is 9.50. The van der Waals surface area contributed by atoms with Gasteiger partial charge in [-0.3, -0.25) is 0 Å². The molecule has 2 nitrogen and oxygen atoms in total. The number of rotatable bonds is 6. The van der Waals surface area contributed by atoms with Gasteiger partial charge in [-0.05, 0) is 30.7 Å². The van der Waals surface area contributed by atoms with E-state index in [1.807, 2.05) is 6.07 Å². The Morgan fingerprint density at radius 2 is 2.38 bits per heavy atom. The van der Waals surface area contributed by atoms with Gasteiger partial charge in [0.05, 0.1) is 6.10 Å². The summed E-state index contributed by atoms with van der Waals surface area (Å²) in [7, 11) is 1.66. The van der Waals surface area contributed by atoms with Gasteiger partial charge in [0, 0.05) is 18.6 Å². The molecule has 0 aliphatic carbocycles. The van der Waals surface area contributed by atoms with Crippen molar-refractivity contribution < 1.29 is 9.84 Å². The zero-order chi connectivity index (χ0) is 9.52. The smallest absolute Gasteiger partial charge is 0.0565 e. The Morgan fingerprint density at radius 1 is 1.54 bits per heavy atom. The maximum Gasteiger partial charge on any atom is 0.0565 e. The van der Waals surface area contributed by atoms with Crippen LogP contribution < -0.4 is 0 Å². The lowest BCUT2D eigenvalue weighted by Gasteiger charge is -2.08. The van der Waals surface area contributed by atoms with E-state index in [1.54, 1.807) is 18.4 Å². The topological polar surface area (TPSA) is 29.5 Å². The van der Waals surface area contributed by atoms with Crippen LogP contribution >= 0.6 is 11.3 Å². The molecule has 0 fully saturated rings. The largest absolute Gasteiger partial charge is 0.393 e. The molecule has 0 spiro atoms. The lowest BCUT2D eigenvalue weighted by Crippen LogP contribution is -2.10. The van der Waals surface area contributed by atoms with Crippen LogP contribution in [-0.2, 0) is 11.2 Å². The number of hydrogen-bond donors (Lipinski definition) is 1. The summed E-state index contributed by atoms with van der Waals surface area (Å²) in [5.74, 6) is 0. The zero-order valence-corrected chi connectivity index (χ0v) is 8.72. The third-order valence-corrected chi connectivity index (χ3v) is 2.90. The Labute approximate surface area is 83.2 Å². The molecule has 1 unspecified atom stereocenters. The van der Waals surface area contributed by atoms with Gasteiger partial charge in [-0.1, -0.05) is 6.07 Å². The van der Waals surface area contributed by atoms with Crippen molar-refractivity contribution in [1.29, 1.82) is 0 Å². The number of aryl methyl sites for hydroxylation is 1. The molecule has 0 radical (unpaired) electrons. The normalized spacial score (nSPS) is 13.1. The molecular formula is C10H16O2S. The van der Waals surface area contributed by atoms with E-state index in [9.17, 15) is 5.11 Å². The fraction of sp³-hybridized carbons (Fsp3) is 0.600. The molecule has 13 heavy (non-hydrogen) atoms. The highest BCUT2D eigenvalue weighted by atomic mass is 32.1. The molecule has 0 amide bonds. The summed E-state index contributed by atoms with van der Waals surface area (Å²) in [4.78, 5) is 1.34. The fourth-order valence-corrected chi connectivity index (χ4v) is 1.89. The Hall–Kier alpha value is -0.380. The molecule has 0 saturated heterocycles. The molecule has 1 atom stereocenters.